The Balaban J connectivity index is 2.63. The summed E-state index contributed by atoms with van der Waals surface area (Å²) in [5.74, 6) is 0.0289. The zero-order chi connectivity index (χ0) is 9.30. The van der Waals surface area contributed by atoms with Gasteiger partial charge in [-0.05, 0) is 13.3 Å². The van der Waals surface area contributed by atoms with Gasteiger partial charge in [-0.1, -0.05) is 13.8 Å². The van der Waals surface area contributed by atoms with Gasteiger partial charge < -0.3 is 14.9 Å². The van der Waals surface area contributed by atoms with E-state index in [-0.39, 0.29) is 18.1 Å². The maximum Gasteiger partial charge on any atom is 0.106 e. The van der Waals surface area contributed by atoms with Crippen LogP contribution in [0.1, 0.15) is 27.2 Å². The van der Waals surface area contributed by atoms with Gasteiger partial charge in [-0.2, -0.15) is 0 Å². The van der Waals surface area contributed by atoms with Gasteiger partial charge in [-0.3, -0.25) is 0 Å². The maximum atomic E-state index is 9.59. The van der Waals surface area contributed by atoms with Crippen LogP contribution in [0.2, 0.25) is 0 Å². The van der Waals surface area contributed by atoms with Crippen molar-refractivity contribution in [2.75, 3.05) is 0 Å². The minimum Gasteiger partial charge on any atom is -0.390 e. The lowest BCUT2D eigenvalue weighted by Gasteiger charge is -2.40. The average molecular weight is 174 g/mol. The highest BCUT2D eigenvalue weighted by Gasteiger charge is 2.38. The van der Waals surface area contributed by atoms with Crippen LogP contribution in [0.3, 0.4) is 0 Å². The molecule has 2 N–H and O–H groups in total. The summed E-state index contributed by atoms with van der Waals surface area (Å²) in [5.41, 5.74) is 0. The van der Waals surface area contributed by atoms with Crippen molar-refractivity contribution in [1.29, 1.82) is 0 Å². The van der Waals surface area contributed by atoms with E-state index in [1.165, 1.54) is 0 Å². The van der Waals surface area contributed by atoms with Crippen LogP contribution in [0, 0.1) is 5.92 Å². The number of hydrogen-bond acceptors (Lipinski definition) is 3. The largest absolute Gasteiger partial charge is 0.390 e. The van der Waals surface area contributed by atoms with Crippen LogP contribution >= 0.6 is 0 Å². The molecule has 1 fully saturated rings. The Morgan fingerprint density at radius 3 is 2.25 bits per heavy atom. The van der Waals surface area contributed by atoms with Crippen LogP contribution in [0.25, 0.3) is 0 Å². The molecule has 72 valence electrons. The molecule has 5 atom stereocenters. The SMILES string of the molecule is CCC1OC(C)C(O)C(O)C1C. The molecule has 5 unspecified atom stereocenters. The lowest BCUT2D eigenvalue weighted by atomic mass is 9.87. The Labute approximate surface area is 73.4 Å². The topological polar surface area (TPSA) is 49.7 Å². The highest BCUT2D eigenvalue weighted by molar-refractivity contribution is 4.87. The van der Waals surface area contributed by atoms with Crippen LogP contribution in [-0.4, -0.2) is 34.6 Å². The van der Waals surface area contributed by atoms with Gasteiger partial charge in [0, 0.05) is 5.92 Å². The molecule has 0 aromatic heterocycles. The van der Waals surface area contributed by atoms with Crippen molar-refractivity contribution in [3.05, 3.63) is 0 Å². The minimum atomic E-state index is -0.734. The van der Waals surface area contributed by atoms with Crippen LogP contribution < -0.4 is 0 Å². The normalized spacial score (nSPS) is 49.2. The molecule has 1 aliphatic rings. The van der Waals surface area contributed by atoms with E-state index < -0.39 is 12.2 Å². The summed E-state index contributed by atoms with van der Waals surface area (Å²) in [4.78, 5) is 0. The zero-order valence-corrected chi connectivity index (χ0v) is 7.90. The number of ether oxygens (including phenoxy) is 1. The van der Waals surface area contributed by atoms with Crippen molar-refractivity contribution in [2.24, 2.45) is 5.92 Å². The Bertz CT molecular complexity index is 144. The molecule has 0 aromatic carbocycles. The number of rotatable bonds is 1. The van der Waals surface area contributed by atoms with Crippen LogP contribution in [0.5, 0.6) is 0 Å². The van der Waals surface area contributed by atoms with Gasteiger partial charge in [0.1, 0.15) is 6.10 Å². The highest BCUT2D eigenvalue weighted by Crippen LogP contribution is 2.27. The van der Waals surface area contributed by atoms with E-state index in [0.717, 1.165) is 6.42 Å². The van der Waals surface area contributed by atoms with Crippen LogP contribution in [0.4, 0.5) is 0 Å². The Hall–Kier alpha value is -0.120. The van der Waals surface area contributed by atoms with Gasteiger partial charge >= 0.3 is 0 Å². The fourth-order valence-corrected chi connectivity index (χ4v) is 1.76. The van der Waals surface area contributed by atoms with Crippen molar-refractivity contribution in [3.8, 4) is 0 Å². The van der Waals surface area contributed by atoms with Crippen molar-refractivity contribution in [1.82, 2.24) is 0 Å². The van der Waals surface area contributed by atoms with Crippen molar-refractivity contribution >= 4 is 0 Å². The molecule has 3 heteroatoms. The zero-order valence-electron chi connectivity index (χ0n) is 7.90. The minimum absolute atomic E-state index is 0.0289. The maximum absolute atomic E-state index is 9.59. The van der Waals surface area contributed by atoms with E-state index in [4.69, 9.17) is 4.74 Å². The predicted octanol–water partition coefficient (Wildman–Crippen LogP) is 0.542. The third-order valence-corrected chi connectivity index (χ3v) is 2.75. The summed E-state index contributed by atoms with van der Waals surface area (Å²) >= 11 is 0. The predicted molar refractivity (Wildman–Crippen MR) is 45.8 cm³/mol. The highest BCUT2D eigenvalue weighted by atomic mass is 16.5. The Morgan fingerprint density at radius 1 is 1.17 bits per heavy atom. The first-order valence-corrected chi connectivity index (χ1v) is 4.59. The van der Waals surface area contributed by atoms with E-state index in [9.17, 15) is 10.2 Å². The lowest BCUT2D eigenvalue weighted by molar-refractivity contribution is -0.190. The lowest BCUT2D eigenvalue weighted by Crippen LogP contribution is -2.52. The van der Waals surface area contributed by atoms with Gasteiger partial charge in [0.05, 0.1) is 18.3 Å². The van der Waals surface area contributed by atoms with Crippen molar-refractivity contribution < 1.29 is 14.9 Å². The molecule has 0 aliphatic carbocycles. The average Bonchev–Trinajstić information content (AvgIpc) is 2.08. The summed E-state index contributed by atoms with van der Waals surface area (Å²) in [6.45, 7) is 5.73. The first-order chi connectivity index (χ1) is 5.57. The van der Waals surface area contributed by atoms with E-state index in [0.29, 0.717) is 0 Å². The second-order valence-electron chi connectivity index (χ2n) is 3.63. The molecule has 1 heterocycles. The van der Waals surface area contributed by atoms with Crippen LogP contribution in [0.15, 0.2) is 0 Å². The molecular weight excluding hydrogens is 156 g/mol. The van der Waals surface area contributed by atoms with Crippen LogP contribution in [-0.2, 0) is 4.74 Å². The van der Waals surface area contributed by atoms with E-state index in [1.807, 2.05) is 13.8 Å². The van der Waals surface area contributed by atoms with Gasteiger partial charge in [0.2, 0.25) is 0 Å². The second kappa shape index (κ2) is 3.73. The molecule has 1 aliphatic heterocycles. The monoisotopic (exact) mass is 174 g/mol. The van der Waals surface area contributed by atoms with E-state index in [2.05, 4.69) is 0 Å². The number of aliphatic hydroxyl groups excluding tert-OH is 2. The summed E-state index contributed by atoms with van der Waals surface area (Å²) in [7, 11) is 0. The number of aliphatic hydroxyl groups is 2. The van der Waals surface area contributed by atoms with E-state index in [1.54, 1.807) is 6.92 Å². The molecule has 3 nitrogen and oxygen atoms in total. The molecule has 0 radical (unpaired) electrons. The first-order valence-electron chi connectivity index (χ1n) is 4.59. The summed E-state index contributed by atoms with van der Waals surface area (Å²) in [6.07, 6.45) is -0.656. The molecule has 0 spiro atoms. The molecule has 12 heavy (non-hydrogen) atoms. The first kappa shape index (κ1) is 9.96. The van der Waals surface area contributed by atoms with Gasteiger partial charge in [-0.25, -0.2) is 0 Å². The van der Waals surface area contributed by atoms with Crippen molar-refractivity contribution in [3.63, 3.8) is 0 Å². The second-order valence-corrected chi connectivity index (χ2v) is 3.63. The molecule has 0 saturated carbocycles. The smallest absolute Gasteiger partial charge is 0.106 e. The summed E-state index contributed by atoms with van der Waals surface area (Å²) < 4.78 is 5.52. The van der Waals surface area contributed by atoms with Gasteiger partial charge in [-0.15, -0.1) is 0 Å². The fourth-order valence-electron chi connectivity index (χ4n) is 1.76. The quantitative estimate of drug-likeness (QED) is 0.610. The molecular formula is C9H18O3. The van der Waals surface area contributed by atoms with E-state index >= 15 is 0 Å². The summed E-state index contributed by atoms with van der Waals surface area (Å²) in [6, 6.07) is 0. The molecule has 0 amide bonds. The Kier molecular flexibility index (Phi) is 3.09. The molecule has 0 aromatic rings. The van der Waals surface area contributed by atoms with Gasteiger partial charge in [0.15, 0.2) is 0 Å². The Morgan fingerprint density at radius 2 is 1.75 bits per heavy atom. The standard InChI is InChI=1S/C9H18O3/c1-4-7-5(2)8(10)9(11)6(3)12-7/h5-11H,4H2,1-3H3. The third-order valence-electron chi connectivity index (χ3n) is 2.75. The molecule has 0 bridgehead atoms. The fraction of sp³-hybridized carbons (Fsp3) is 1.00. The van der Waals surface area contributed by atoms with Crippen molar-refractivity contribution in [2.45, 2.75) is 51.6 Å². The number of hydrogen-bond donors (Lipinski definition) is 2. The molecule has 1 saturated heterocycles. The third kappa shape index (κ3) is 1.63. The summed E-state index contributed by atoms with van der Waals surface area (Å²) in [5, 5.41) is 19.0. The molecule has 1 rings (SSSR count). The van der Waals surface area contributed by atoms with Gasteiger partial charge in [0.25, 0.3) is 0 Å².